The summed E-state index contributed by atoms with van der Waals surface area (Å²) in [5, 5.41) is 4.73. The van der Waals surface area contributed by atoms with E-state index in [0.717, 1.165) is 5.69 Å². The Kier molecular flexibility index (Phi) is 5.25. The first-order chi connectivity index (χ1) is 17.5. The molecule has 1 atom stereocenters. The van der Waals surface area contributed by atoms with Crippen LogP contribution in [0.5, 0.6) is 0 Å². The van der Waals surface area contributed by atoms with Gasteiger partial charge >= 0.3 is 0 Å². The number of benzene rings is 1. The Hall–Kier alpha value is -3.64. The fourth-order valence-electron chi connectivity index (χ4n) is 5.30. The van der Waals surface area contributed by atoms with Gasteiger partial charge in [-0.1, -0.05) is 12.1 Å². The Morgan fingerprint density at radius 1 is 1.11 bits per heavy atom. The van der Waals surface area contributed by atoms with Gasteiger partial charge in [-0.2, -0.15) is 5.10 Å². The van der Waals surface area contributed by atoms with Crippen molar-refractivity contribution in [2.45, 2.75) is 25.4 Å². The zero-order chi connectivity index (χ0) is 26.2. The summed E-state index contributed by atoms with van der Waals surface area (Å²) < 4.78 is 44.2. The van der Waals surface area contributed by atoms with Crippen molar-refractivity contribution in [2.75, 3.05) is 26.4 Å². The van der Waals surface area contributed by atoms with Crippen LogP contribution in [0.2, 0.25) is 0 Å². The maximum absolute atomic E-state index is 15.3. The number of sulfonamides is 1. The van der Waals surface area contributed by atoms with Gasteiger partial charge in [0, 0.05) is 55.8 Å². The van der Waals surface area contributed by atoms with Crippen molar-refractivity contribution >= 4 is 26.8 Å². The maximum Gasteiger partial charge on any atom is 0.245 e. The van der Waals surface area contributed by atoms with Crippen LogP contribution in [0.4, 0.5) is 4.39 Å². The van der Waals surface area contributed by atoms with Crippen LogP contribution in [0.3, 0.4) is 0 Å². The molecular weight excluding hydrogens is 497 g/mol. The number of halogens is 1. The zero-order valence-corrected chi connectivity index (χ0v) is 21.7. The van der Waals surface area contributed by atoms with Gasteiger partial charge in [-0.25, -0.2) is 27.1 Å². The number of hydrogen-bond donors (Lipinski definition) is 0. The number of nitrogens with zero attached hydrogens (tertiary/aromatic N) is 7. The van der Waals surface area contributed by atoms with Crippen molar-refractivity contribution in [1.82, 2.24) is 33.5 Å². The largest absolute Gasteiger partial charge is 0.338 e. The molecule has 1 saturated heterocycles. The fraction of sp³-hybridized carbons (Fsp3) is 0.360. The molecule has 1 aromatic carbocycles. The molecule has 6 rings (SSSR count). The van der Waals surface area contributed by atoms with Crippen LogP contribution in [0, 0.1) is 5.82 Å². The number of hydrogen-bond acceptors (Lipinski definition) is 6. The molecule has 1 unspecified atom stereocenters. The molecule has 192 valence electrons. The SMILES string of the molecule is CC1C(=O)N(C)Cc2c(-c3cccc4nc(-c5cnn(C)c5)c(F)cc34)nc(C3CN(S(C)(=O)=O)C3)n21. The number of likely N-dealkylation sites (N-methyl/N-ethyl adjacent to an activating group) is 1. The number of carbonyl (C=O) groups excluding carboxylic acids is 1. The van der Waals surface area contributed by atoms with Gasteiger partial charge in [0.25, 0.3) is 0 Å². The van der Waals surface area contributed by atoms with Crippen LogP contribution in [0.1, 0.15) is 30.4 Å². The van der Waals surface area contributed by atoms with Gasteiger partial charge in [-0.15, -0.1) is 0 Å². The molecule has 0 spiro atoms. The highest BCUT2D eigenvalue weighted by Crippen LogP contribution is 2.40. The maximum atomic E-state index is 15.3. The first-order valence-electron chi connectivity index (χ1n) is 11.9. The molecule has 1 fully saturated rings. The third-order valence-corrected chi connectivity index (χ3v) is 8.51. The van der Waals surface area contributed by atoms with Crippen molar-refractivity contribution in [3.8, 4) is 22.5 Å². The van der Waals surface area contributed by atoms with Gasteiger partial charge in [0.15, 0.2) is 0 Å². The van der Waals surface area contributed by atoms with Gasteiger partial charge in [0.2, 0.25) is 15.9 Å². The van der Waals surface area contributed by atoms with E-state index in [9.17, 15) is 13.2 Å². The summed E-state index contributed by atoms with van der Waals surface area (Å²) >= 11 is 0. The second-order valence-electron chi connectivity index (χ2n) is 9.88. The van der Waals surface area contributed by atoms with E-state index in [1.54, 1.807) is 36.1 Å². The van der Waals surface area contributed by atoms with Crippen molar-refractivity contribution in [1.29, 1.82) is 0 Å². The minimum absolute atomic E-state index is 0.0382. The van der Waals surface area contributed by atoms with Crippen LogP contribution in [-0.2, 0) is 28.4 Å². The Balaban J connectivity index is 1.51. The third kappa shape index (κ3) is 3.74. The zero-order valence-electron chi connectivity index (χ0n) is 20.9. The molecule has 2 aliphatic rings. The molecule has 0 aliphatic carbocycles. The summed E-state index contributed by atoms with van der Waals surface area (Å²) in [6.45, 7) is 2.79. The highest BCUT2D eigenvalue weighted by molar-refractivity contribution is 7.88. The van der Waals surface area contributed by atoms with Crippen molar-refractivity contribution < 1.29 is 17.6 Å². The number of aryl methyl sites for hydroxylation is 1. The molecule has 2 aliphatic heterocycles. The summed E-state index contributed by atoms with van der Waals surface area (Å²) in [5.74, 6) is 0.0348. The van der Waals surface area contributed by atoms with E-state index in [0.29, 0.717) is 53.2 Å². The molecule has 0 radical (unpaired) electrons. The first-order valence-corrected chi connectivity index (χ1v) is 13.8. The molecule has 0 bridgehead atoms. The number of pyridine rings is 1. The van der Waals surface area contributed by atoms with E-state index in [-0.39, 0.29) is 17.5 Å². The highest BCUT2D eigenvalue weighted by atomic mass is 32.2. The van der Waals surface area contributed by atoms with Gasteiger partial charge in [0.05, 0.1) is 35.9 Å². The van der Waals surface area contributed by atoms with Crippen LogP contribution in [0.15, 0.2) is 36.7 Å². The topological polar surface area (TPSA) is 106 Å². The molecular formula is C25H26FN7O3S. The van der Waals surface area contributed by atoms with E-state index in [1.807, 2.05) is 29.7 Å². The van der Waals surface area contributed by atoms with Gasteiger partial charge in [0.1, 0.15) is 23.4 Å². The summed E-state index contributed by atoms with van der Waals surface area (Å²) in [7, 11) is 0.211. The predicted octanol–water partition coefficient (Wildman–Crippen LogP) is 2.53. The summed E-state index contributed by atoms with van der Waals surface area (Å²) in [5.41, 5.74) is 3.63. The molecule has 4 aromatic rings. The lowest BCUT2D eigenvalue weighted by molar-refractivity contribution is -0.135. The van der Waals surface area contributed by atoms with Crippen molar-refractivity contribution in [3.63, 3.8) is 0 Å². The molecule has 0 saturated carbocycles. The van der Waals surface area contributed by atoms with Crippen LogP contribution in [0.25, 0.3) is 33.4 Å². The molecule has 3 aromatic heterocycles. The van der Waals surface area contributed by atoms with E-state index >= 15 is 4.39 Å². The normalized spacial score (nSPS) is 18.9. The number of carbonyl (C=O) groups is 1. The smallest absolute Gasteiger partial charge is 0.245 e. The number of amides is 1. The predicted molar refractivity (Wildman–Crippen MR) is 135 cm³/mol. The van der Waals surface area contributed by atoms with Crippen LogP contribution in [-0.4, -0.2) is 74.2 Å². The number of fused-ring (bicyclic) bond motifs is 2. The van der Waals surface area contributed by atoms with Crippen molar-refractivity contribution in [2.24, 2.45) is 7.05 Å². The lowest BCUT2D eigenvalue weighted by Gasteiger charge is -2.38. The van der Waals surface area contributed by atoms with E-state index < -0.39 is 21.9 Å². The Morgan fingerprint density at radius 3 is 2.54 bits per heavy atom. The Morgan fingerprint density at radius 2 is 1.86 bits per heavy atom. The minimum atomic E-state index is -3.30. The lowest BCUT2D eigenvalue weighted by atomic mass is 10.0. The molecule has 1 amide bonds. The minimum Gasteiger partial charge on any atom is -0.338 e. The molecule has 12 heteroatoms. The van der Waals surface area contributed by atoms with Crippen LogP contribution < -0.4 is 0 Å². The second-order valence-corrected chi connectivity index (χ2v) is 11.9. The number of aromatic nitrogens is 5. The van der Waals surface area contributed by atoms with Gasteiger partial charge in [-0.3, -0.25) is 9.48 Å². The second kappa shape index (κ2) is 8.18. The van der Waals surface area contributed by atoms with Gasteiger partial charge in [-0.05, 0) is 19.1 Å². The average Bonchev–Trinajstić information content (AvgIpc) is 3.39. The standard InChI is InChI=1S/C25H26FN7O3S/c1-14-25(34)30(2)13-21-23(29-24(33(14)21)16-11-32(12-16)37(4,35)36)17-6-5-7-20-18(17)8-19(26)22(28-20)15-9-27-31(3)10-15/h5-10,14,16H,11-13H2,1-4H3. The Labute approximate surface area is 213 Å². The quantitative estimate of drug-likeness (QED) is 0.407. The molecule has 10 nitrogen and oxygen atoms in total. The summed E-state index contributed by atoms with van der Waals surface area (Å²) in [4.78, 5) is 24.1. The van der Waals surface area contributed by atoms with E-state index in [1.165, 1.54) is 16.6 Å². The van der Waals surface area contributed by atoms with E-state index in [4.69, 9.17) is 4.98 Å². The van der Waals surface area contributed by atoms with E-state index in [2.05, 4.69) is 10.1 Å². The van der Waals surface area contributed by atoms with Crippen molar-refractivity contribution in [3.05, 3.63) is 54.0 Å². The third-order valence-electron chi connectivity index (χ3n) is 7.27. The summed E-state index contributed by atoms with van der Waals surface area (Å²) in [6.07, 6.45) is 4.48. The Bertz CT molecular complexity index is 1690. The molecule has 5 heterocycles. The van der Waals surface area contributed by atoms with Gasteiger partial charge < -0.3 is 9.47 Å². The number of rotatable bonds is 4. The monoisotopic (exact) mass is 523 g/mol. The first kappa shape index (κ1) is 23.7. The fourth-order valence-corrected chi connectivity index (χ4v) is 6.20. The average molecular weight is 524 g/mol. The summed E-state index contributed by atoms with van der Waals surface area (Å²) in [6, 6.07) is 6.55. The lowest BCUT2D eigenvalue weighted by Crippen LogP contribution is -2.49. The highest BCUT2D eigenvalue weighted by Gasteiger charge is 2.41. The number of imidazole rings is 1. The molecule has 0 N–H and O–H groups in total. The van der Waals surface area contributed by atoms with Crippen LogP contribution >= 0.6 is 0 Å². The molecule has 37 heavy (non-hydrogen) atoms.